The summed E-state index contributed by atoms with van der Waals surface area (Å²) in [5.41, 5.74) is 0.538. The van der Waals surface area contributed by atoms with Crippen molar-refractivity contribution >= 4 is 33.0 Å². The molecule has 0 aliphatic carbocycles. The summed E-state index contributed by atoms with van der Waals surface area (Å²) in [7, 11) is 0. The zero-order chi connectivity index (χ0) is 13.1. The number of hydrogen-bond donors (Lipinski definition) is 0. The van der Waals surface area contributed by atoms with Crippen molar-refractivity contribution in [2.24, 2.45) is 0 Å². The van der Waals surface area contributed by atoms with Crippen LogP contribution in [0.4, 0.5) is 0 Å². The number of carbonyl (C=O) groups excluding carboxylic acids is 1. The van der Waals surface area contributed by atoms with Crippen LogP contribution in [0.5, 0.6) is 5.75 Å². The number of pyridine rings is 1. The van der Waals surface area contributed by atoms with Crippen molar-refractivity contribution < 1.29 is 9.53 Å². The van der Waals surface area contributed by atoms with E-state index in [1.165, 1.54) is 11.3 Å². The van der Waals surface area contributed by atoms with Gasteiger partial charge in [0.15, 0.2) is 0 Å². The highest BCUT2D eigenvalue weighted by atomic mass is 79.9. The lowest BCUT2D eigenvalue weighted by Gasteiger charge is -2.09. The number of ether oxygens (including phenoxy) is 1. The molecule has 0 aliphatic rings. The Hall–Kier alpha value is -1.20. The summed E-state index contributed by atoms with van der Waals surface area (Å²) in [4.78, 5) is 17.0. The standard InChI is InChI=1S/C13H12BrNO2S/c1-8(2)17-10-5-9(6-15-7-10)12(16)13-11(14)3-4-18-13/h3-8H,1-2H3. The second-order valence-corrected chi connectivity index (χ2v) is 5.77. The van der Waals surface area contributed by atoms with Gasteiger partial charge in [0, 0.05) is 16.2 Å². The lowest BCUT2D eigenvalue weighted by molar-refractivity contribution is 0.104. The minimum Gasteiger partial charge on any atom is -0.489 e. The maximum atomic E-state index is 12.3. The van der Waals surface area contributed by atoms with Crippen LogP contribution in [0, 0.1) is 0 Å². The molecule has 2 rings (SSSR count). The van der Waals surface area contributed by atoms with Gasteiger partial charge in [-0.3, -0.25) is 9.78 Å². The first-order valence-corrected chi connectivity index (χ1v) is 7.14. The largest absolute Gasteiger partial charge is 0.489 e. The number of hydrogen-bond acceptors (Lipinski definition) is 4. The fourth-order valence-electron chi connectivity index (χ4n) is 1.47. The second kappa shape index (κ2) is 5.63. The third-order valence-corrected chi connectivity index (χ3v) is 4.01. The molecule has 0 unspecified atom stereocenters. The Labute approximate surface area is 118 Å². The average molecular weight is 326 g/mol. The van der Waals surface area contributed by atoms with E-state index in [1.807, 2.05) is 25.3 Å². The van der Waals surface area contributed by atoms with Crippen LogP contribution < -0.4 is 4.74 Å². The van der Waals surface area contributed by atoms with Crippen LogP contribution in [0.3, 0.4) is 0 Å². The van der Waals surface area contributed by atoms with Crippen molar-refractivity contribution in [3.8, 4) is 5.75 Å². The van der Waals surface area contributed by atoms with Gasteiger partial charge in [-0.1, -0.05) is 0 Å². The number of aromatic nitrogens is 1. The normalized spacial score (nSPS) is 10.7. The van der Waals surface area contributed by atoms with E-state index in [0.717, 1.165) is 4.47 Å². The van der Waals surface area contributed by atoms with Gasteiger partial charge < -0.3 is 4.74 Å². The minimum atomic E-state index is -0.0430. The molecule has 3 nitrogen and oxygen atoms in total. The highest BCUT2D eigenvalue weighted by molar-refractivity contribution is 9.10. The fourth-order valence-corrected chi connectivity index (χ4v) is 2.98. The van der Waals surface area contributed by atoms with E-state index in [0.29, 0.717) is 16.2 Å². The maximum absolute atomic E-state index is 12.3. The molecule has 0 saturated heterocycles. The molecule has 0 saturated carbocycles. The quantitative estimate of drug-likeness (QED) is 0.799. The Morgan fingerprint density at radius 1 is 1.44 bits per heavy atom. The van der Waals surface area contributed by atoms with E-state index in [1.54, 1.807) is 18.5 Å². The molecule has 5 heteroatoms. The highest BCUT2D eigenvalue weighted by Crippen LogP contribution is 2.26. The lowest BCUT2D eigenvalue weighted by Crippen LogP contribution is -2.07. The van der Waals surface area contributed by atoms with Crippen molar-refractivity contribution in [1.82, 2.24) is 4.98 Å². The van der Waals surface area contributed by atoms with Crippen LogP contribution in [0.2, 0.25) is 0 Å². The van der Waals surface area contributed by atoms with Gasteiger partial charge >= 0.3 is 0 Å². The van der Waals surface area contributed by atoms with Crippen LogP contribution in [-0.4, -0.2) is 16.9 Å². The van der Waals surface area contributed by atoms with Crippen molar-refractivity contribution in [1.29, 1.82) is 0 Å². The fraction of sp³-hybridized carbons (Fsp3) is 0.231. The van der Waals surface area contributed by atoms with E-state index in [-0.39, 0.29) is 11.9 Å². The summed E-state index contributed by atoms with van der Waals surface area (Å²) in [5.74, 6) is 0.571. The number of thiophene rings is 1. The number of carbonyl (C=O) groups is 1. The van der Waals surface area contributed by atoms with E-state index in [9.17, 15) is 4.79 Å². The zero-order valence-electron chi connectivity index (χ0n) is 10.0. The molecular formula is C13H12BrNO2S. The van der Waals surface area contributed by atoms with E-state index in [4.69, 9.17) is 4.74 Å². The summed E-state index contributed by atoms with van der Waals surface area (Å²) in [5, 5.41) is 1.87. The Bertz CT molecular complexity index is 566. The summed E-state index contributed by atoms with van der Waals surface area (Å²) in [6.07, 6.45) is 3.23. The first-order chi connectivity index (χ1) is 8.58. The van der Waals surface area contributed by atoms with Crippen molar-refractivity contribution in [2.45, 2.75) is 20.0 Å². The summed E-state index contributed by atoms with van der Waals surface area (Å²) < 4.78 is 6.34. The van der Waals surface area contributed by atoms with Gasteiger partial charge in [-0.2, -0.15) is 0 Å². The summed E-state index contributed by atoms with van der Waals surface area (Å²) in [6.45, 7) is 3.87. The predicted octanol–water partition coefficient (Wildman–Crippen LogP) is 3.92. The van der Waals surface area contributed by atoms with Gasteiger partial charge in [0.05, 0.1) is 17.2 Å². The molecule has 0 fully saturated rings. The topological polar surface area (TPSA) is 39.2 Å². The number of rotatable bonds is 4. The SMILES string of the molecule is CC(C)Oc1cncc(C(=O)c2sccc2Br)c1. The summed E-state index contributed by atoms with van der Waals surface area (Å²) >= 11 is 4.77. The smallest absolute Gasteiger partial charge is 0.205 e. The molecule has 94 valence electrons. The van der Waals surface area contributed by atoms with Gasteiger partial charge in [-0.05, 0) is 47.3 Å². The lowest BCUT2D eigenvalue weighted by atomic mass is 10.1. The zero-order valence-corrected chi connectivity index (χ0v) is 12.4. The Balaban J connectivity index is 2.29. The molecule has 0 bridgehead atoms. The van der Waals surface area contributed by atoms with Crippen LogP contribution in [-0.2, 0) is 0 Å². The first kappa shape index (κ1) is 13.2. The summed E-state index contributed by atoms with van der Waals surface area (Å²) in [6, 6.07) is 3.58. The molecule has 2 heterocycles. The van der Waals surface area contributed by atoms with Gasteiger partial charge in [0.1, 0.15) is 5.75 Å². The molecule has 0 aliphatic heterocycles. The number of nitrogens with zero attached hydrogens (tertiary/aromatic N) is 1. The van der Waals surface area contributed by atoms with Gasteiger partial charge in [0.2, 0.25) is 5.78 Å². The predicted molar refractivity (Wildman–Crippen MR) is 75.5 cm³/mol. The van der Waals surface area contributed by atoms with Crippen molar-refractivity contribution in [3.63, 3.8) is 0 Å². The number of halogens is 1. The van der Waals surface area contributed by atoms with Crippen LogP contribution in [0.15, 0.2) is 34.4 Å². The third-order valence-electron chi connectivity index (χ3n) is 2.17. The monoisotopic (exact) mass is 325 g/mol. The Kier molecular flexibility index (Phi) is 4.14. The molecule has 0 amide bonds. The molecular weight excluding hydrogens is 314 g/mol. The highest BCUT2D eigenvalue weighted by Gasteiger charge is 2.15. The van der Waals surface area contributed by atoms with Gasteiger partial charge in [-0.25, -0.2) is 0 Å². The molecule has 0 N–H and O–H groups in total. The maximum Gasteiger partial charge on any atom is 0.205 e. The van der Waals surface area contributed by atoms with E-state index in [2.05, 4.69) is 20.9 Å². The van der Waals surface area contributed by atoms with Crippen LogP contribution in [0.25, 0.3) is 0 Å². The molecule has 2 aromatic rings. The van der Waals surface area contributed by atoms with Crippen LogP contribution in [0.1, 0.15) is 29.1 Å². The molecule has 2 aromatic heterocycles. The molecule has 0 radical (unpaired) electrons. The van der Waals surface area contributed by atoms with Gasteiger partial charge in [-0.15, -0.1) is 11.3 Å². The molecule has 0 aromatic carbocycles. The average Bonchev–Trinajstić information content (AvgIpc) is 2.74. The Morgan fingerprint density at radius 3 is 2.83 bits per heavy atom. The van der Waals surface area contributed by atoms with Crippen molar-refractivity contribution in [2.75, 3.05) is 0 Å². The molecule has 18 heavy (non-hydrogen) atoms. The Morgan fingerprint density at radius 2 is 2.22 bits per heavy atom. The molecule has 0 atom stereocenters. The number of ketones is 1. The van der Waals surface area contributed by atoms with E-state index >= 15 is 0 Å². The second-order valence-electron chi connectivity index (χ2n) is 4.00. The van der Waals surface area contributed by atoms with Crippen molar-refractivity contribution in [3.05, 3.63) is 44.8 Å². The molecule has 0 spiro atoms. The van der Waals surface area contributed by atoms with E-state index < -0.39 is 0 Å². The minimum absolute atomic E-state index is 0.0430. The first-order valence-electron chi connectivity index (χ1n) is 5.47. The van der Waals surface area contributed by atoms with Crippen LogP contribution >= 0.6 is 27.3 Å². The van der Waals surface area contributed by atoms with Gasteiger partial charge in [0.25, 0.3) is 0 Å². The third kappa shape index (κ3) is 2.97.